The van der Waals surface area contributed by atoms with E-state index in [9.17, 15) is 9.90 Å². The SMILES string of the molecule is CCN(CC(C)(C)O)C(=O)NCC(C)N(C)c1ccccc1. The molecule has 0 radical (unpaired) electrons. The second-order valence-electron chi connectivity index (χ2n) is 6.31. The third-order valence-electron chi connectivity index (χ3n) is 3.62. The second kappa shape index (κ2) is 8.03. The smallest absolute Gasteiger partial charge is 0.317 e. The molecule has 0 spiro atoms. The lowest BCUT2D eigenvalue weighted by atomic mass is 10.1. The number of nitrogens with one attached hydrogen (secondary N) is 1. The fourth-order valence-electron chi connectivity index (χ4n) is 2.20. The predicted molar refractivity (Wildman–Crippen MR) is 91.3 cm³/mol. The lowest BCUT2D eigenvalue weighted by Gasteiger charge is -2.31. The average molecular weight is 307 g/mol. The number of benzene rings is 1. The predicted octanol–water partition coefficient (Wildman–Crippen LogP) is 2.31. The zero-order valence-corrected chi connectivity index (χ0v) is 14.3. The van der Waals surface area contributed by atoms with Crippen LogP contribution >= 0.6 is 0 Å². The third-order valence-corrected chi connectivity index (χ3v) is 3.62. The summed E-state index contributed by atoms with van der Waals surface area (Å²) in [6.07, 6.45) is 0. The number of amides is 2. The third kappa shape index (κ3) is 5.93. The number of hydrogen-bond donors (Lipinski definition) is 2. The van der Waals surface area contributed by atoms with E-state index in [1.165, 1.54) is 0 Å². The van der Waals surface area contributed by atoms with E-state index in [1.807, 2.05) is 44.3 Å². The van der Waals surface area contributed by atoms with Gasteiger partial charge in [-0.1, -0.05) is 18.2 Å². The zero-order valence-electron chi connectivity index (χ0n) is 14.3. The first-order chi connectivity index (χ1) is 10.2. The van der Waals surface area contributed by atoms with Gasteiger partial charge in [-0.05, 0) is 39.8 Å². The standard InChI is InChI=1S/C17H29N3O2/c1-6-20(13-17(3,4)22)16(21)18-12-14(2)19(5)15-10-8-7-9-11-15/h7-11,14,22H,6,12-13H2,1-5H3,(H,18,21). The van der Waals surface area contributed by atoms with Gasteiger partial charge in [0.2, 0.25) is 0 Å². The number of rotatable bonds is 7. The van der Waals surface area contributed by atoms with Crippen molar-refractivity contribution in [3.8, 4) is 0 Å². The van der Waals surface area contributed by atoms with Crippen LogP contribution < -0.4 is 10.2 Å². The summed E-state index contributed by atoms with van der Waals surface area (Å²) in [5.74, 6) is 0. The Morgan fingerprint density at radius 2 is 1.91 bits per heavy atom. The van der Waals surface area contributed by atoms with Gasteiger partial charge < -0.3 is 20.2 Å². The molecule has 0 aromatic heterocycles. The zero-order chi connectivity index (χ0) is 16.8. The Bertz CT molecular complexity index is 457. The number of aliphatic hydroxyl groups is 1. The summed E-state index contributed by atoms with van der Waals surface area (Å²) in [5, 5.41) is 12.8. The van der Waals surface area contributed by atoms with E-state index < -0.39 is 5.60 Å². The fraction of sp³-hybridized carbons (Fsp3) is 0.588. The van der Waals surface area contributed by atoms with Gasteiger partial charge in [0.15, 0.2) is 0 Å². The Labute approximate surface area is 133 Å². The largest absolute Gasteiger partial charge is 0.389 e. The molecule has 1 unspecified atom stereocenters. The maximum Gasteiger partial charge on any atom is 0.317 e. The van der Waals surface area contributed by atoms with Crippen LogP contribution in [0.2, 0.25) is 0 Å². The van der Waals surface area contributed by atoms with Crippen LogP contribution in [0.15, 0.2) is 30.3 Å². The first kappa shape index (κ1) is 18.3. The number of anilines is 1. The molecule has 1 aromatic carbocycles. The molecule has 0 aliphatic rings. The second-order valence-corrected chi connectivity index (χ2v) is 6.31. The number of urea groups is 1. The van der Waals surface area contributed by atoms with Crippen LogP contribution in [0.1, 0.15) is 27.7 Å². The molecular weight excluding hydrogens is 278 g/mol. The van der Waals surface area contributed by atoms with Gasteiger partial charge >= 0.3 is 6.03 Å². The number of para-hydroxylation sites is 1. The van der Waals surface area contributed by atoms with E-state index in [0.717, 1.165) is 5.69 Å². The maximum absolute atomic E-state index is 12.2. The normalized spacial score (nSPS) is 12.6. The molecule has 1 aromatic rings. The Hall–Kier alpha value is -1.75. The number of carbonyl (C=O) groups excluding carboxylic acids is 1. The molecule has 0 heterocycles. The van der Waals surface area contributed by atoms with E-state index >= 15 is 0 Å². The van der Waals surface area contributed by atoms with Gasteiger partial charge in [-0.2, -0.15) is 0 Å². The first-order valence-electron chi connectivity index (χ1n) is 7.77. The van der Waals surface area contributed by atoms with Gasteiger partial charge in [0.1, 0.15) is 0 Å². The monoisotopic (exact) mass is 307 g/mol. The molecule has 5 heteroatoms. The summed E-state index contributed by atoms with van der Waals surface area (Å²) < 4.78 is 0. The van der Waals surface area contributed by atoms with Crippen LogP contribution in [-0.4, -0.2) is 54.4 Å². The molecule has 1 rings (SSSR count). The minimum Gasteiger partial charge on any atom is -0.389 e. The van der Waals surface area contributed by atoms with Crippen molar-refractivity contribution in [3.05, 3.63) is 30.3 Å². The average Bonchev–Trinajstić information content (AvgIpc) is 2.49. The minimum atomic E-state index is -0.889. The van der Waals surface area contributed by atoms with Gasteiger partial charge in [-0.15, -0.1) is 0 Å². The van der Waals surface area contributed by atoms with Crippen molar-refractivity contribution in [1.82, 2.24) is 10.2 Å². The van der Waals surface area contributed by atoms with E-state index in [2.05, 4.69) is 17.1 Å². The minimum absolute atomic E-state index is 0.141. The molecule has 0 saturated heterocycles. The fourth-order valence-corrected chi connectivity index (χ4v) is 2.20. The van der Waals surface area contributed by atoms with E-state index in [-0.39, 0.29) is 12.1 Å². The summed E-state index contributed by atoms with van der Waals surface area (Å²) in [4.78, 5) is 16.0. The molecule has 0 saturated carbocycles. The van der Waals surface area contributed by atoms with Crippen LogP contribution in [-0.2, 0) is 0 Å². The van der Waals surface area contributed by atoms with E-state index in [1.54, 1.807) is 18.7 Å². The van der Waals surface area contributed by atoms with Crippen molar-refractivity contribution < 1.29 is 9.90 Å². The highest BCUT2D eigenvalue weighted by Gasteiger charge is 2.21. The molecular formula is C17H29N3O2. The van der Waals surface area contributed by atoms with Crippen molar-refractivity contribution in [2.24, 2.45) is 0 Å². The van der Waals surface area contributed by atoms with Crippen molar-refractivity contribution in [3.63, 3.8) is 0 Å². The van der Waals surface area contributed by atoms with Crippen LogP contribution in [0.3, 0.4) is 0 Å². The van der Waals surface area contributed by atoms with Crippen molar-refractivity contribution in [1.29, 1.82) is 0 Å². The summed E-state index contributed by atoms with van der Waals surface area (Å²) in [6.45, 7) is 8.82. The van der Waals surface area contributed by atoms with E-state index in [0.29, 0.717) is 19.6 Å². The number of hydrogen-bond acceptors (Lipinski definition) is 3. The molecule has 2 N–H and O–H groups in total. The maximum atomic E-state index is 12.2. The number of likely N-dealkylation sites (N-methyl/N-ethyl adjacent to an activating group) is 2. The molecule has 124 valence electrons. The molecule has 2 amide bonds. The highest BCUT2D eigenvalue weighted by atomic mass is 16.3. The van der Waals surface area contributed by atoms with Gasteiger partial charge in [0.25, 0.3) is 0 Å². The summed E-state index contributed by atoms with van der Waals surface area (Å²) in [6, 6.07) is 10.1. The van der Waals surface area contributed by atoms with E-state index in [4.69, 9.17) is 0 Å². The van der Waals surface area contributed by atoms with Gasteiger partial charge in [-0.25, -0.2) is 4.79 Å². The summed E-state index contributed by atoms with van der Waals surface area (Å²) in [5.41, 5.74) is 0.230. The van der Waals surface area contributed by atoms with Crippen molar-refractivity contribution in [2.75, 3.05) is 31.6 Å². The molecule has 22 heavy (non-hydrogen) atoms. The van der Waals surface area contributed by atoms with Crippen molar-refractivity contribution in [2.45, 2.75) is 39.3 Å². The lowest BCUT2D eigenvalue weighted by molar-refractivity contribution is 0.0480. The Morgan fingerprint density at radius 1 is 1.32 bits per heavy atom. The van der Waals surface area contributed by atoms with Gasteiger partial charge in [0, 0.05) is 31.9 Å². The molecule has 0 bridgehead atoms. The van der Waals surface area contributed by atoms with Crippen LogP contribution in [0.5, 0.6) is 0 Å². The lowest BCUT2D eigenvalue weighted by Crippen LogP contribution is -2.49. The van der Waals surface area contributed by atoms with Crippen molar-refractivity contribution >= 4 is 11.7 Å². The molecule has 0 aliphatic carbocycles. The van der Waals surface area contributed by atoms with Crippen LogP contribution in [0.4, 0.5) is 10.5 Å². The number of nitrogens with zero attached hydrogens (tertiary/aromatic N) is 2. The topological polar surface area (TPSA) is 55.8 Å². The quantitative estimate of drug-likeness (QED) is 0.813. The molecule has 5 nitrogen and oxygen atoms in total. The molecule has 1 atom stereocenters. The Kier molecular flexibility index (Phi) is 6.68. The van der Waals surface area contributed by atoms with Gasteiger partial charge in [-0.3, -0.25) is 0 Å². The summed E-state index contributed by atoms with van der Waals surface area (Å²) >= 11 is 0. The molecule has 0 aliphatic heterocycles. The summed E-state index contributed by atoms with van der Waals surface area (Å²) in [7, 11) is 2.01. The van der Waals surface area contributed by atoms with Crippen LogP contribution in [0.25, 0.3) is 0 Å². The number of carbonyl (C=O) groups is 1. The Morgan fingerprint density at radius 3 is 2.41 bits per heavy atom. The highest BCUT2D eigenvalue weighted by Crippen LogP contribution is 2.13. The highest BCUT2D eigenvalue weighted by molar-refractivity contribution is 5.74. The van der Waals surface area contributed by atoms with Crippen LogP contribution in [0, 0.1) is 0 Å². The first-order valence-corrected chi connectivity index (χ1v) is 7.77. The molecule has 0 fully saturated rings. The Balaban J connectivity index is 2.52. The van der Waals surface area contributed by atoms with Gasteiger partial charge in [0.05, 0.1) is 12.1 Å².